The van der Waals surface area contributed by atoms with Gasteiger partial charge >= 0.3 is 0 Å². The maximum absolute atomic E-state index is 2.44. The van der Waals surface area contributed by atoms with Gasteiger partial charge in [0.1, 0.15) is 0 Å². The van der Waals surface area contributed by atoms with E-state index in [1.165, 1.54) is 76.8 Å². The summed E-state index contributed by atoms with van der Waals surface area (Å²) in [6, 6.07) is 81.5. The molecule has 10 aromatic rings. The molecule has 0 saturated heterocycles. The predicted molar refractivity (Wildman–Crippen MR) is 235 cm³/mol. The van der Waals surface area contributed by atoms with Gasteiger partial charge in [-0.05, 0) is 108 Å². The number of hydrogen-bond donors (Lipinski definition) is 0. The first kappa shape index (κ1) is 32.4. The minimum atomic E-state index is 1.09. The highest BCUT2D eigenvalue weighted by molar-refractivity contribution is 6.14. The van der Waals surface area contributed by atoms with Crippen LogP contribution in [0, 0.1) is 0 Å². The van der Waals surface area contributed by atoms with Gasteiger partial charge in [-0.3, -0.25) is 0 Å². The Morgan fingerprint density at radius 3 is 1.53 bits per heavy atom. The van der Waals surface area contributed by atoms with Crippen LogP contribution in [-0.4, -0.2) is 0 Å². The van der Waals surface area contributed by atoms with E-state index in [0.29, 0.717) is 0 Å². The fourth-order valence-electron chi connectivity index (χ4n) is 8.26. The van der Waals surface area contributed by atoms with Gasteiger partial charge in [0.2, 0.25) is 0 Å². The molecule has 1 heteroatoms. The van der Waals surface area contributed by atoms with E-state index >= 15 is 0 Å². The van der Waals surface area contributed by atoms with Crippen molar-refractivity contribution < 1.29 is 0 Å². The Kier molecular flexibility index (Phi) is 8.24. The Morgan fingerprint density at radius 1 is 0.255 bits per heavy atom. The molecule has 0 saturated carbocycles. The standard InChI is InChI=1S/C54H37N/c1-3-17-39(18-4-1)46-23-11-14-27-51(46)54-48(40-19-5-2-6-20-40)28-15-29-53(54)55(45-35-30-38-16-7-8-21-42(38)36-45)44-33-31-41(32-34-44)52-37-43-22-9-10-24-47(43)49-25-12-13-26-50(49)52/h1-37H. The molecule has 0 fully saturated rings. The van der Waals surface area contributed by atoms with Crippen LogP contribution in [0.3, 0.4) is 0 Å². The summed E-state index contributed by atoms with van der Waals surface area (Å²) in [7, 11) is 0. The minimum Gasteiger partial charge on any atom is -0.310 e. The fraction of sp³-hybridized carbons (Fsp3) is 0. The molecular weight excluding hydrogens is 663 g/mol. The molecule has 0 aliphatic rings. The predicted octanol–water partition coefficient (Wildman–Crippen LogP) is 15.3. The molecular formula is C54H37N. The van der Waals surface area contributed by atoms with E-state index < -0.39 is 0 Å². The number of benzene rings is 10. The van der Waals surface area contributed by atoms with Crippen molar-refractivity contribution in [1.29, 1.82) is 0 Å². The Bertz CT molecular complexity index is 2960. The maximum atomic E-state index is 2.44. The van der Waals surface area contributed by atoms with Crippen molar-refractivity contribution in [2.75, 3.05) is 4.90 Å². The van der Waals surface area contributed by atoms with E-state index in [4.69, 9.17) is 0 Å². The third kappa shape index (κ3) is 5.93. The molecule has 0 unspecified atom stereocenters. The van der Waals surface area contributed by atoms with Gasteiger partial charge in [0, 0.05) is 16.9 Å². The van der Waals surface area contributed by atoms with Gasteiger partial charge in [-0.15, -0.1) is 0 Å². The van der Waals surface area contributed by atoms with Crippen LogP contribution < -0.4 is 4.90 Å². The molecule has 10 rings (SSSR count). The molecule has 0 aliphatic heterocycles. The highest BCUT2D eigenvalue weighted by Crippen LogP contribution is 2.48. The molecule has 258 valence electrons. The van der Waals surface area contributed by atoms with E-state index in [2.05, 4.69) is 229 Å². The normalized spacial score (nSPS) is 11.3. The first-order valence-corrected chi connectivity index (χ1v) is 18.9. The van der Waals surface area contributed by atoms with Gasteiger partial charge in [-0.25, -0.2) is 0 Å². The van der Waals surface area contributed by atoms with Crippen molar-refractivity contribution in [2.24, 2.45) is 0 Å². The minimum absolute atomic E-state index is 1.09. The second-order valence-electron chi connectivity index (χ2n) is 14.1. The highest BCUT2D eigenvalue weighted by Gasteiger charge is 2.23. The Labute approximate surface area is 322 Å². The monoisotopic (exact) mass is 699 g/mol. The lowest BCUT2D eigenvalue weighted by molar-refractivity contribution is 1.29. The molecule has 0 heterocycles. The molecule has 0 aromatic heterocycles. The van der Waals surface area contributed by atoms with E-state index in [1.54, 1.807) is 0 Å². The summed E-state index contributed by atoms with van der Waals surface area (Å²) >= 11 is 0. The van der Waals surface area contributed by atoms with Gasteiger partial charge in [0.25, 0.3) is 0 Å². The van der Waals surface area contributed by atoms with E-state index in [-0.39, 0.29) is 0 Å². The first-order chi connectivity index (χ1) is 27.3. The summed E-state index contributed by atoms with van der Waals surface area (Å²) in [5, 5.41) is 7.49. The summed E-state index contributed by atoms with van der Waals surface area (Å²) in [5.41, 5.74) is 12.9. The maximum Gasteiger partial charge on any atom is 0.0546 e. The van der Waals surface area contributed by atoms with E-state index in [1.807, 2.05) is 0 Å². The number of anilines is 3. The van der Waals surface area contributed by atoms with Crippen LogP contribution in [0.5, 0.6) is 0 Å². The second-order valence-corrected chi connectivity index (χ2v) is 14.1. The molecule has 0 radical (unpaired) electrons. The van der Waals surface area contributed by atoms with Gasteiger partial charge in [-0.1, -0.05) is 188 Å². The second kappa shape index (κ2) is 14.0. The number of rotatable bonds is 7. The van der Waals surface area contributed by atoms with Crippen molar-refractivity contribution >= 4 is 49.4 Å². The van der Waals surface area contributed by atoms with Gasteiger partial charge in [0.15, 0.2) is 0 Å². The van der Waals surface area contributed by atoms with E-state index in [0.717, 1.165) is 17.1 Å². The summed E-state index contributed by atoms with van der Waals surface area (Å²) in [4.78, 5) is 2.44. The topological polar surface area (TPSA) is 3.24 Å². The Hall–Kier alpha value is -7.22. The van der Waals surface area contributed by atoms with Crippen LogP contribution in [-0.2, 0) is 0 Å². The van der Waals surface area contributed by atoms with Crippen molar-refractivity contribution in [3.63, 3.8) is 0 Å². The average Bonchev–Trinajstić information content (AvgIpc) is 3.27. The molecule has 10 aromatic carbocycles. The molecule has 1 nitrogen and oxygen atoms in total. The average molecular weight is 700 g/mol. The van der Waals surface area contributed by atoms with Gasteiger partial charge in [-0.2, -0.15) is 0 Å². The zero-order chi connectivity index (χ0) is 36.6. The summed E-state index contributed by atoms with van der Waals surface area (Å²) < 4.78 is 0. The van der Waals surface area contributed by atoms with Crippen LogP contribution >= 0.6 is 0 Å². The third-order valence-corrected chi connectivity index (χ3v) is 10.8. The summed E-state index contributed by atoms with van der Waals surface area (Å²) in [5.74, 6) is 0. The van der Waals surface area contributed by atoms with Crippen LogP contribution in [0.25, 0.3) is 76.8 Å². The molecule has 0 aliphatic carbocycles. The number of nitrogens with zero attached hydrogens (tertiary/aromatic N) is 1. The molecule has 0 bridgehead atoms. The first-order valence-electron chi connectivity index (χ1n) is 18.9. The highest BCUT2D eigenvalue weighted by atomic mass is 15.1. The lowest BCUT2D eigenvalue weighted by Gasteiger charge is -2.30. The lowest BCUT2D eigenvalue weighted by Crippen LogP contribution is -2.12. The van der Waals surface area contributed by atoms with Crippen molar-refractivity contribution in [3.8, 4) is 44.5 Å². The number of hydrogen-bond acceptors (Lipinski definition) is 1. The van der Waals surface area contributed by atoms with Crippen LogP contribution in [0.4, 0.5) is 17.1 Å². The SMILES string of the molecule is c1ccc(-c2ccccc2-c2c(-c3ccccc3)cccc2N(c2ccc(-c3cc4ccccc4c4ccccc34)cc2)c2ccc3ccccc3c2)cc1. The van der Waals surface area contributed by atoms with Crippen LogP contribution in [0.2, 0.25) is 0 Å². The van der Waals surface area contributed by atoms with Crippen molar-refractivity contribution in [3.05, 3.63) is 224 Å². The van der Waals surface area contributed by atoms with E-state index in [9.17, 15) is 0 Å². The van der Waals surface area contributed by atoms with Gasteiger partial charge < -0.3 is 4.90 Å². The zero-order valence-electron chi connectivity index (χ0n) is 30.3. The number of fused-ring (bicyclic) bond motifs is 4. The largest absolute Gasteiger partial charge is 0.310 e. The van der Waals surface area contributed by atoms with Gasteiger partial charge in [0.05, 0.1) is 5.69 Å². The van der Waals surface area contributed by atoms with Crippen molar-refractivity contribution in [1.82, 2.24) is 0 Å². The fourth-order valence-corrected chi connectivity index (χ4v) is 8.26. The smallest absolute Gasteiger partial charge is 0.0546 e. The molecule has 0 spiro atoms. The van der Waals surface area contributed by atoms with Crippen LogP contribution in [0.15, 0.2) is 224 Å². The van der Waals surface area contributed by atoms with Crippen LogP contribution in [0.1, 0.15) is 0 Å². The van der Waals surface area contributed by atoms with Crippen molar-refractivity contribution in [2.45, 2.75) is 0 Å². The molecule has 0 atom stereocenters. The Balaban J connectivity index is 1.22. The molecule has 0 amide bonds. The lowest BCUT2D eigenvalue weighted by atomic mass is 9.87. The summed E-state index contributed by atoms with van der Waals surface area (Å²) in [6.45, 7) is 0. The molecule has 0 N–H and O–H groups in total. The quantitative estimate of drug-likeness (QED) is 0.150. The summed E-state index contributed by atoms with van der Waals surface area (Å²) in [6.07, 6.45) is 0. The Morgan fingerprint density at radius 2 is 0.782 bits per heavy atom. The molecule has 55 heavy (non-hydrogen) atoms. The third-order valence-electron chi connectivity index (χ3n) is 10.8. The zero-order valence-corrected chi connectivity index (χ0v) is 30.3.